The van der Waals surface area contributed by atoms with Crippen LogP contribution in [-0.2, 0) is 6.54 Å². The van der Waals surface area contributed by atoms with E-state index in [0.717, 1.165) is 42.8 Å². The molecule has 4 rings (SSSR count). The van der Waals surface area contributed by atoms with Gasteiger partial charge in [0.1, 0.15) is 12.3 Å². The number of tetrazole rings is 1. The first-order chi connectivity index (χ1) is 14.0. The summed E-state index contributed by atoms with van der Waals surface area (Å²) in [6.45, 7) is 10.9. The maximum absolute atomic E-state index is 6.23. The van der Waals surface area contributed by atoms with Gasteiger partial charge in [-0.3, -0.25) is 4.90 Å². The number of nitrogens with zero attached hydrogens (tertiary/aromatic N) is 6. The number of piperazine rings is 1. The zero-order valence-corrected chi connectivity index (χ0v) is 17.9. The molecule has 1 saturated heterocycles. The van der Waals surface area contributed by atoms with Crippen LogP contribution in [-0.4, -0.2) is 51.3 Å². The molecule has 0 saturated carbocycles. The molecule has 1 aliphatic rings. The summed E-state index contributed by atoms with van der Waals surface area (Å²) in [5.41, 5.74) is 2.48. The van der Waals surface area contributed by atoms with E-state index in [0.29, 0.717) is 12.5 Å². The Kier molecular flexibility index (Phi) is 5.87. The van der Waals surface area contributed by atoms with E-state index < -0.39 is 0 Å². The Morgan fingerprint density at radius 2 is 1.93 bits per heavy atom. The maximum Gasteiger partial charge on any atom is 0.169 e. The van der Waals surface area contributed by atoms with Gasteiger partial charge in [0.25, 0.3) is 0 Å². The molecule has 1 atom stereocenters. The fraction of sp³-hybridized carbons (Fsp3) is 0.476. The van der Waals surface area contributed by atoms with E-state index in [1.165, 1.54) is 11.3 Å². The van der Waals surface area contributed by atoms with Crippen LogP contribution in [0.2, 0.25) is 5.02 Å². The summed E-state index contributed by atoms with van der Waals surface area (Å²) < 4.78 is 7.34. The van der Waals surface area contributed by atoms with Crippen molar-refractivity contribution in [3.05, 3.63) is 58.8 Å². The predicted octanol–water partition coefficient (Wildman–Crippen LogP) is 3.80. The van der Waals surface area contributed by atoms with E-state index in [1.807, 2.05) is 22.9 Å². The number of aromatic nitrogens is 4. The van der Waals surface area contributed by atoms with E-state index in [9.17, 15) is 0 Å². The molecule has 2 aromatic heterocycles. The number of benzene rings is 1. The Balaban J connectivity index is 1.50. The standard InChI is InChI=1S/C21H27ClN6O/c1-15(2)20(21-23-24-25-28(21)14-18-5-4-12-29-18)27-10-8-26(9-11-27)19-13-17(22)7-6-16(19)3/h4-7,12-13,15,20H,8-11,14H2,1-3H3. The smallest absolute Gasteiger partial charge is 0.169 e. The Labute approximate surface area is 176 Å². The molecule has 154 valence electrons. The van der Waals surface area contributed by atoms with Crippen molar-refractivity contribution in [2.24, 2.45) is 5.92 Å². The van der Waals surface area contributed by atoms with Crippen molar-refractivity contribution in [1.82, 2.24) is 25.1 Å². The monoisotopic (exact) mass is 414 g/mol. The molecule has 0 aliphatic carbocycles. The van der Waals surface area contributed by atoms with Crippen LogP contribution in [0.3, 0.4) is 0 Å². The van der Waals surface area contributed by atoms with Gasteiger partial charge in [-0.15, -0.1) is 5.10 Å². The fourth-order valence-corrected chi connectivity index (χ4v) is 4.30. The van der Waals surface area contributed by atoms with Crippen LogP contribution in [0.4, 0.5) is 5.69 Å². The number of anilines is 1. The highest BCUT2D eigenvalue weighted by Gasteiger charge is 2.32. The van der Waals surface area contributed by atoms with Gasteiger partial charge in [0, 0.05) is 36.9 Å². The molecule has 0 bridgehead atoms. The van der Waals surface area contributed by atoms with E-state index in [4.69, 9.17) is 16.0 Å². The molecule has 1 aromatic carbocycles. The largest absolute Gasteiger partial charge is 0.467 e. The SMILES string of the molecule is Cc1ccc(Cl)cc1N1CCN(C(c2nnnn2Cc2ccco2)C(C)C)CC1. The topological polar surface area (TPSA) is 63.2 Å². The van der Waals surface area contributed by atoms with Gasteiger partial charge < -0.3 is 9.32 Å². The molecule has 0 N–H and O–H groups in total. The second-order valence-electron chi connectivity index (χ2n) is 7.92. The van der Waals surface area contributed by atoms with Crippen molar-refractivity contribution >= 4 is 17.3 Å². The summed E-state index contributed by atoms with van der Waals surface area (Å²) in [4.78, 5) is 4.91. The van der Waals surface area contributed by atoms with Crippen LogP contribution in [0.1, 0.15) is 37.0 Å². The molecule has 3 heterocycles. The van der Waals surface area contributed by atoms with Crippen molar-refractivity contribution in [3.63, 3.8) is 0 Å². The Bertz CT molecular complexity index is 931. The molecular formula is C21H27ClN6O. The van der Waals surface area contributed by atoms with Gasteiger partial charge in [0.05, 0.1) is 12.3 Å². The van der Waals surface area contributed by atoms with Gasteiger partial charge in [-0.1, -0.05) is 31.5 Å². The molecule has 1 unspecified atom stereocenters. The van der Waals surface area contributed by atoms with Crippen LogP contribution < -0.4 is 4.90 Å². The quantitative estimate of drug-likeness (QED) is 0.611. The average molecular weight is 415 g/mol. The third kappa shape index (κ3) is 4.31. The first-order valence-electron chi connectivity index (χ1n) is 10.1. The van der Waals surface area contributed by atoms with E-state index in [-0.39, 0.29) is 6.04 Å². The van der Waals surface area contributed by atoms with E-state index in [1.54, 1.807) is 6.26 Å². The lowest BCUT2D eigenvalue weighted by Gasteiger charge is -2.41. The number of aryl methyl sites for hydroxylation is 1. The minimum absolute atomic E-state index is 0.155. The molecule has 29 heavy (non-hydrogen) atoms. The molecule has 0 amide bonds. The molecule has 0 radical (unpaired) electrons. The predicted molar refractivity (Wildman–Crippen MR) is 113 cm³/mol. The van der Waals surface area contributed by atoms with E-state index in [2.05, 4.69) is 58.2 Å². The highest BCUT2D eigenvalue weighted by molar-refractivity contribution is 6.30. The molecule has 3 aromatic rings. The zero-order chi connectivity index (χ0) is 20.4. The van der Waals surface area contributed by atoms with Gasteiger partial charge in [0.2, 0.25) is 0 Å². The average Bonchev–Trinajstić information content (AvgIpc) is 3.37. The van der Waals surface area contributed by atoms with Crippen LogP contribution in [0, 0.1) is 12.8 Å². The second-order valence-corrected chi connectivity index (χ2v) is 8.35. The molecular weight excluding hydrogens is 388 g/mol. The third-order valence-corrected chi connectivity index (χ3v) is 5.80. The minimum atomic E-state index is 0.155. The lowest BCUT2D eigenvalue weighted by atomic mass is 10.0. The van der Waals surface area contributed by atoms with Gasteiger partial charge in [0.15, 0.2) is 5.82 Å². The van der Waals surface area contributed by atoms with Crippen LogP contribution in [0.25, 0.3) is 0 Å². The summed E-state index contributed by atoms with van der Waals surface area (Å²) in [6, 6.07) is 10.1. The van der Waals surface area contributed by atoms with Crippen molar-refractivity contribution in [1.29, 1.82) is 0 Å². The van der Waals surface area contributed by atoms with Crippen molar-refractivity contribution in [3.8, 4) is 0 Å². The third-order valence-electron chi connectivity index (χ3n) is 5.56. The van der Waals surface area contributed by atoms with Crippen LogP contribution in [0.5, 0.6) is 0 Å². The summed E-state index contributed by atoms with van der Waals surface area (Å²) in [6.07, 6.45) is 1.68. The van der Waals surface area contributed by atoms with Crippen LogP contribution in [0.15, 0.2) is 41.0 Å². The summed E-state index contributed by atoms with van der Waals surface area (Å²) in [5.74, 6) is 2.13. The lowest BCUT2D eigenvalue weighted by molar-refractivity contribution is 0.135. The zero-order valence-electron chi connectivity index (χ0n) is 17.1. The van der Waals surface area contributed by atoms with Gasteiger partial charge in [-0.2, -0.15) is 0 Å². The number of halogens is 1. The highest BCUT2D eigenvalue weighted by atomic mass is 35.5. The van der Waals surface area contributed by atoms with Crippen molar-refractivity contribution in [2.45, 2.75) is 33.4 Å². The number of rotatable bonds is 6. The number of hydrogen-bond acceptors (Lipinski definition) is 6. The molecule has 1 aliphatic heterocycles. The first kappa shape index (κ1) is 19.9. The summed E-state index contributed by atoms with van der Waals surface area (Å²) in [5, 5.41) is 13.3. The van der Waals surface area contributed by atoms with Crippen molar-refractivity contribution in [2.75, 3.05) is 31.1 Å². The molecule has 7 nitrogen and oxygen atoms in total. The normalized spacial score (nSPS) is 16.5. The second kappa shape index (κ2) is 8.55. The van der Waals surface area contributed by atoms with Crippen LogP contribution >= 0.6 is 11.6 Å². The molecule has 1 fully saturated rings. The minimum Gasteiger partial charge on any atom is -0.467 e. The Morgan fingerprint density at radius 3 is 2.62 bits per heavy atom. The van der Waals surface area contributed by atoms with Crippen molar-refractivity contribution < 1.29 is 4.42 Å². The summed E-state index contributed by atoms with van der Waals surface area (Å²) in [7, 11) is 0. The van der Waals surface area contributed by atoms with Gasteiger partial charge in [-0.05, 0) is 53.1 Å². The van der Waals surface area contributed by atoms with Gasteiger partial charge in [-0.25, -0.2) is 4.68 Å². The van der Waals surface area contributed by atoms with E-state index >= 15 is 0 Å². The lowest BCUT2D eigenvalue weighted by Crippen LogP contribution is -2.49. The Hall–Kier alpha value is -2.38. The number of hydrogen-bond donors (Lipinski definition) is 0. The first-order valence-corrected chi connectivity index (χ1v) is 10.4. The Morgan fingerprint density at radius 1 is 1.14 bits per heavy atom. The van der Waals surface area contributed by atoms with Gasteiger partial charge >= 0.3 is 0 Å². The maximum atomic E-state index is 6.23. The fourth-order valence-electron chi connectivity index (χ4n) is 4.13. The molecule has 8 heteroatoms. The number of furan rings is 1. The molecule has 0 spiro atoms. The highest BCUT2D eigenvalue weighted by Crippen LogP contribution is 2.31. The summed E-state index contributed by atoms with van der Waals surface area (Å²) >= 11 is 6.23.